The summed E-state index contributed by atoms with van der Waals surface area (Å²) in [5, 5.41) is 0. The average Bonchev–Trinajstić information content (AvgIpc) is 3.63. The zero-order valence-corrected chi connectivity index (χ0v) is 42.9. The van der Waals surface area contributed by atoms with Gasteiger partial charge in [0.25, 0.3) is 11.8 Å². The number of unbranched alkanes of at least 4 members (excludes halogenated alkanes) is 22. The van der Waals surface area contributed by atoms with Gasteiger partial charge in [-0.3, -0.25) is 24.1 Å². The molecule has 1 aliphatic rings. The average molecular weight is 919 g/mol. The molecule has 65 heavy (non-hydrogen) atoms. The third-order valence-corrected chi connectivity index (χ3v) is 13.0. The molecule has 0 aromatic heterocycles. The first kappa shape index (κ1) is 60.7. The van der Waals surface area contributed by atoms with Crippen LogP contribution in [0.5, 0.6) is 0 Å². The fraction of sp³-hybridized carbons (Fsp3) is 0.891. The van der Waals surface area contributed by atoms with Crippen LogP contribution in [0.4, 0.5) is 0 Å². The quantitative estimate of drug-likeness (QED) is 0.0334. The van der Waals surface area contributed by atoms with Crippen LogP contribution in [0.2, 0.25) is 0 Å². The second kappa shape index (κ2) is 45.5. The van der Waals surface area contributed by atoms with E-state index in [-0.39, 0.29) is 35.6 Å². The van der Waals surface area contributed by atoms with Crippen LogP contribution in [0.1, 0.15) is 240 Å². The Morgan fingerprint density at radius 1 is 0.415 bits per heavy atom. The predicted molar refractivity (Wildman–Crippen MR) is 268 cm³/mol. The number of imide groups is 1. The minimum absolute atomic E-state index is 0.0305. The third-order valence-electron chi connectivity index (χ3n) is 13.0. The second-order valence-electron chi connectivity index (χ2n) is 19.0. The van der Waals surface area contributed by atoms with Gasteiger partial charge >= 0.3 is 11.9 Å². The molecular formula is C55H102N2O8. The van der Waals surface area contributed by atoms with Crippen molar-refractivity contribution in [1.82, 2.24) is 9.80 Å². The van der Waals surface area contributed by atoms with Gasteiger partial charge in [-0.15, -0.1) is 0 Å². The van der Waals surface area contributed by atoms with E-state index in [4.69, 9.17) is 18.9 Å². The SMILES string of the molecule is CCCCCCCCC(CCCCCC)C(=O)OCCCCCCN(CCCCCCOC(=O)C(CCCCCC)CCCCCCCC)CCOCCOCCCN1C(=O)C=CC1=O. The van der Waals surface area contributed by atoms with Gasteiger partial charge in [-0.1, -0.05) is 182 Å². The smallest absolute Gasteiger partial charge is 0.308 e. The molecule has 2 amide bonds. The van der Waals surface area contributed by atoms with E-state index in [1.807, 2.05) is 0 Å². The molecule has 2 unspecified atom stereocenters. The molecule has 0 aromatic rings. The molecule has 0 aliphatic carbocycles. The molecule has 1 aliphatic heterocycles. The molecule has 0 N–H and O–H groups in total. The monoisotopic (exact) mass is 919 g/mol. The Hall–Kier alpha value is -2.30. The zero-order chi connectivity index (χ0) is 47.3. The van der Waals surface area contributed by atoms with Crippen LogP contribution in [0.15, 0.2) is 12.2 Å². The van der Waals surface area contributed by atoms with Crippen molar-refractivity contribution in [3.8, 4) is 0 Å². The van der Waals surface area contributed by atoms with E-state index in [1.165, 1.54) is 120 Å². The number of esters is 2. The third kappa shape index (κ3) is 35.5. The van der Waals surface area contributed by atoms with Crippen molar-refractivity contribution >= 4 is 23.8 Å². The maximum Gasteiger partial charge on any atom is 0.308 e. The van der Waals surface area contributed by atoms with Crippen LogP contribution >= 0.6 is 0 Å². The van der Waals surface area contributed by atoms with Crippen LogP contribution in [0.3, 0.4) is 0 Å². The Balaban J connectivity index is 2.47. The number of rotatable bonds is 50. The molecule has 10 nitrogen and oxygen atoms in total. The van der Waals surface area contributed by atoms with Gasteiger partial charge in [-0.2, -0.15) is 0 Å². The highest BCUT2D eigenvalue weighted by molar-refractivity contribution is 6.12. The molecule has 0 fully saturated rings. The maximum absolute atomic E-state index is 13.1. The number of hydrogen-bond acceptors (Lipinski definition) is 9. The summed E-state index contributed by atoms with van der Waals surface area (Å²) in [6.07, 6.45) is 40.0. The standard InChI is InChI=1S/C55H102N2O8/c1-5-9-13-17-19-27-36-50(34-25-15-11-7-3)54(60)64-45-31-23-21-29-40-56(43-47-63-49-48-62-44-33-42-57-52(58)38-39-53(57)59)41-30-22-24-32-46-65-55(61)51(35-26-16-12-8-4)37-28-20-18-14-10-6-2/h38-39,50-51H,5-37,40-49H2,1-4H3. The molecular weight excluding hydrogens is 817 g/mol. The first-order valence-corrected chi connectivity index (χ1v) is 27.6. The topological polar surface area (TPSA) is 112 Å². The van der Waals surface area contributed by atoms with E-state index in [0.29, 0.717) is 52.6 Å². The van der Waals surface area contributed by atoms with Crippen molar-refractivity contribution in [3.05, 3.63) is 12.2 Å². The van der Waals surface area contributed by atoms with E-state index >= 15 is 0 Å². The number of nitrogens with zero attached hydrogens (tertiary/aromatic N) is 2. The van der Waals surface area contributed by atoms with Crippen LogP contribution < -0.4 is 0 Å². The van der Waals surface area contributed by atoms with Gasteiger partial charge in [0.2, 0.25) is 0 Å². The summed E-state index contributed by atoms with van der Waals surface area (Å²) in [6, 6.07) is 0. The molecule has 0 spiro atoms. The summed E-state index contributed by atoms with van der Waals surface area (Å²) in [4.78, 5) is 53.4. The molecule has 10 heteroatoms. The van der Waals surface area contributed by atoms with E-state index in [9.17, 15) is 19.2 Å². The minimum Gasteiger partial charge on any atom is -0.465 e. The highest BCUT2D eigenvalue weighted by atomic mass is 16.5. The van der Waals surface area contributed by atoms with Crippen molar-refractivity contribution in [2.45, 2.75) is 240 Å². The van der Waals surface area contributed by atoms with Crippen LogP contribution in [-0.2, 0) is 38.1 Å². The lowest BCUT2D eigenvalue weighted by atomic mass is 9.94. The Kier molecular flexibility index (Phi) is 42.5. The summed E-state index contributed by atoms with van der Waals surface area (Å²) in [6.45, 7) is 15.4. The molecule has 0 aromatic carbocycles. The van der Waals surface area contributed by atoms with Crippen molar-refractivity contribution in [2.75, 3.05) is 65.8 Å². The van der Waals surface area contributed by atoms with E-state index in [0.717, 1.165) is 122 Å². The highest BCUT2D eigenvalue weighted by Crippen LogP contribution is 2.22. The zero-order valence-electron chi connectivity index (χ0n) is 42.9. The fourth-order valence-corrected chi connectivity index (χ4v) is 8.73. The Bertz CT molecular complexity index is 1090. The van der Waals surface area contributed by atoms with Gasteiger partial charge in [0, 0.05) is 31.8 Å². The molecule has 2 atom stereocenters. The van der Waals surface area contributed by atoms with Gasteiger partial charge in [-0.05, 0) is 70.9 Å². The van der Waals surface area contributed by atoms with Gasteiger partial charge < -0.3 is 23.8 Å². The maximum atomic E-state index is 13.1. The van der Waals surface area contributed by atoms with Crippen molar-refractivity contribution in [2.24, 2.45) is 11.8 Å². The van der Waals surface area contributed by atoms with Crippen molar-refractivity contribution < 1.29 is 38.1 Å². The Labute approximate surface area is 399 Å². The molecule has 1 rings (SSSR count). The van der Waals surface area contributed by atoms with E-state index in [1.54, 1.807) is 0 Å². The summed E-state index contributed by atoms with van der Waals surface area (Å²) in [7, 11) is 0. The Morgan fingerprint density at radius 2 is 0.769 bits per heavy atom. The lowest BCUT2D eigenvalue weighted by molar-refractivity contribution is -0.150. The van der Waals surface area contributed by atoms with Gasteiger partial charge in [0.15, 0.2) is 0 Å². The highest BCUT2D eigenvalue weighted by Gasteiger charge is 2.23. The van der Waals surface area contributed by atoms with Gasteiger partial charge in [0.05, 0.1) is 44.9 Å². The molecule has 0 saturated heterocycles. The first-order chi connectivity index (χ1) is 31.9. The molecule has 0 saturated carbocycles. The lowest BCUT2D eigenvalue weighted by Gasteiger charge is -2.22. The molecule has 0 bridgehead atoms. The van der Waals surface area contributed by atoms with Crippen LogP contribution in [-0.4, -0.2) is 99.4 Å². The normalized spacial score (nSPS) is 13.6. The number of carbonyl (C=O) groups excluding carboxylic acids is 4. The summed E-state index contributed by atoms with van der Waals surface area (Å²) in [5.41, 5.74) is 0. The van der Waals surface area contributed by atoms with Gasteiger partial charge in [-0.25, -0.2) is 0 Å². The van der Waals surface area contributed by atoms with Crippen LogP contribution in [0, 0.1) is 11.8 Å². The first-order valence-electron chi connectivity index (χ1n) is 27.6. The number of amides is 2. The van der Waals surface area contributed by atoms with Crippen molar-refractivity contribution in [1.29, 1.82) is 0 Å². The van der Waals surface area contributed by atoms with E-state index < -0.39 is 0 Å². The Morgan fingerprint density at radius 3 is 1.20 bits per heavy atom. The summed E-state index contributed by atoms with van der Waals surface area (Å²) < 4.78 is 23.4. The molecule has 380 valence electrons. The molecule has 0 radical (unpaired) electrons. The van der Waals surface area contributed by atoms with Crippen molar-refractivity contribution in [3.63, 3.8) is 0 Å². The fourth-order valence-electron chi connectivity index (χ4n) is 8.73. The minimum atomic E-state index is -0.254. The summed E-state index contributed by atoms with van der Waals surface area (Å²) >= 11 is 0. The van der Waals surface area contributed by atoms with Crippen LogP contribution in [0.25, 0.3) is 0 Å². The van der Waals surface area contributed by atoms with Gasteiger partial charge in [0.1, 0.15) is 0 Å². The second-order valence-corrected chi connectivity index (χ2v) is 19.0. The number of hydrogen-bond donors (Lipinski definition) is 0. The largest absolute Gasteiger partial charge is 0.465 e. The number of ether oxygens (including phenoxy) is 4. The molecule has 1 heterocycles. The summed E-state index contributed by atoms with van der Waals surface area (Å²) in [5.74, 6) is -0.329. The predicted octanol–water partition coefficient (Wildman–Crippen LogP) is 13.5. The van der Waals surface area contributed by atoms with E-state index in [2.05, 4.69) is 32.6 Å². The lowest BCUT2D eigenvalue weighted by Crippen LogP contribution is -2.31. The number of carbonyl (C=O) groups is 4.